The molecule has 0 atom stereocenters. The molecule has 1 aliphatic rings. The second-order valence-electron chi connectivity index (χ2n) is 4.68. The van der Waals surface area contributed by atoms with E-state index in [9.17, 15) is 4.39 Å². The Morgan fingerprint density at radius 3 is 3.05 bits per heavy atom. The van der Waals surface area contributed by atoms with Crippen LogP contribution in [0.3, 0.4) is 0 Å². The van der Waals surface area contributed by atoms with E-state index in [2.05, 4.69) is 14.9 Å². The maximum Gasteiger partial charge on any atom is 0.124 e. The molecule has 2 aromatic rings. The van der Waals surface area contributed by atoms with E-state index >= 15 is 0 Å². The van der Waals surface area contributed by atoms with Gasteiger partial charge in [-0.1, -0.05) is 0 Å². The topological polar surface area (TPSA) is 53.6 Å². The van der Waals surface area contributed by atoms with Gasteiger partial charge in [-0.2, -0.15) is 5.26 Å². The molecule has 1 aromatic heterocycles. The van der Waals surface area contributed by atoms with E-state index in [1.165, 1.54) is 25.0 Å². The second kappa shape index (κ2) is 4.73. The van der Waals surface area contributed by atoms with Crippen molar-refractivity contribution in [2.45, 2.75) is 25.4 Å². The largest absolute Gasteiger partial charge is 0.378 e. The van der Waals surface area contributed by atoms with Gasteiger partial charge in [-0.25, -0.2) is 9.37 Å². The fourth-order valence-electron chi connectivity index (χ4n) is 2.10. The highest BCUT2D eigenvalue weighted by Crippen LogP contribution is 2.35. The van der Waals surface area contributed by atoms with Crippen LogP contribution in [0.4, 0.5) is 10.1 Å². The Kier molecular flexibility index (Phi) is 2.92. The van der Waals surface area contributed by atoms with Gasteiger partial charge in [-0.15, -0.1) is 0 Å². The Labute approximate surface area is 110 Å². The first-order valence-electron chi connectivity index (χ1n) is 6.22. The van der Waals surface area contributed by atoms with E-state index in [4.69, 9.17) is 5.26 Å². The monoisotopic (exact) mass is 256 g/mol. The van der Waals surface area contributed by atoms with Crippen molar-refractivity contribution in [3.63, 3.8) is 0 Å². The van der Waals surface area contributed by atoms with Crippen LogP contribution in [0, 0.1) is 17.1 Å². The van der Waals surface area contributed by atoms with Gasteiger partial charge in [0.1, 0.15) is 11.9 Å². The predicted molar refractivity (Wildman–Crippen MR) is 68.9 cm³/mol. The number of anilines is 1. The number of rotatable bonds is 4. The fraction of sp³-hybridized carbons (Fsp3) is 0.286. The van der Waals surface area contributed by atoms with E-state index in [0.29, 0.717) is 23.8 Å². The van der Waals surface area contributed by atoms with Crippen molar-refractivity contribution in [1.29, 1.82) is 5.26 Å². The van der Waals surface area contributed by atoms with Crippen LogP contribution < -0.4 is 5.32 Å². The smallest absolute Gasteiger partial charge is 0.124 e. The molecule has 3 rings (SSSR count). The maximum atomic E-state index is 13.0. The van der Waals surface area contributed by atoms with Gasteiger partial charge in [0, 0.05) is 12.2 Å². The molecule has 0 saturated heterocycles. The molecule has 1 fully saturated rings. The van der Waals surface area contributed by atoms with Crippen molar-refractivity contribution in [1.82, 2.24) is 9.55 Å². The van der Waals surface area contributed by atoms with Gasteiger partial charge in [0.25, 0.3) is 0 Å². The SMILES string of the molecule is N#Cc1cc(F)ccc1NCc1cncn1C1CC1. The summed E-state index contributed by atoms with van der Waals surface area (Å²) in [6.45, 7) is 0.580. The first kappa shape index (κ1) is 11.7. The molecule has 1 heterocycles. The van der Waals surface area contributed by atoms with Crippen LogP contribution in [0.5, 0.6) is 0 Å². The first-order chi connectivity index (χ1) is 9.28. The fourth-order valence-corrected chi connectivity index (χ4v) is 2.10. The van der Waals surface area contributed by atoms with E-state index in [1.807, 2.05) is 18.6 Å². The molecular weight excluding hydrogens is 243 g/mol. The zero-order valence-corrected chi connectivity index (χ0v) is 10.3. The lowest BCUT2D eigenvalue weighted by atomic mass is 10.2. The van der Waals surface area contributed by atoms with Gasteiger partial charge < -0.3 is 9.88 Å². The predicted octanol–water partition coefficient (Wildman–Crippen LogP) is 2.84. The molecule has 0 spiro atoms. The summed E-state index contributed by atoms with van der Waals surface area (Å²) in [5, 5.41) is 12.1. The third kappa shape index (κ3) is 2.43. The minimum Gasteiger partial charge on any atom is -0.378 e. The van der Waals surface area contributed by atoms with Crippen molar-refractivity contribution in [2.24, 2.45) is 0 Å². The number of hydrogen-bond donors (Lipinski definition) is 1. The normalized spacial score (nSPS) is 14.1. The molecule has 19 heavy (non-hydrogen) atoms. The van der Waals surface area contributed by atoms with Crippen LogP contribution in [0.2, 0.25) is 0 Å². The average molecular weight is 256 g/mol. The van der Waals surface area contributed by atoms with Gasteiger partial charge in [0.15, 0.2) is 0 Å². The minimum absolute atomic E-state index is 0.317. The van der Waals surface area contributed by atoms with Crippen molar-refractivity contribution in [2.75, 3.05) is 5.32 Å². The molecule has 4 nitrogen and oxygen atoms in total. The number of aromatic nitrogens is 2. The summed E-state index contributed by atoms with van der Waals surface area (Å²) in [4.78, 5) is 4.15. The molecule has 0 aliphatic heterocycles. The van der Waals surface area contributed by atoms with Crippen LogP contribution in [-0.4, -0.2) is 9.55 Å². The Morgan fingerprint density at radius 1 is 1.47 bits per heavy atom. The number of nitrogens with zero attached hydrogens (tertiary/aromatic N) is 3. The number of imidazole rings is 1. The van der Waals surface area contributed by atoms with Crippen LogP contribution >= 0.6 is 0 Å². The molecule has 5 heteroatoms. The first-order valence-corrected chi connectivity index (χ1v) is 6.22. The Bertz CT molecular complexity index is 637. The van der Waals surface area contributed by atoms with Gasteiger partial charge in [0.05, 0.1) is 29.8 Å². The van der Waals surface area contributed by atoms with Crippen molar-refractivity contribution in [3.8, 4) is 6.07 Å². The number of nitriles is 1. The van der Waals surface area contributed by atoms with Crippen LogP contribution in [0.25, 0.3) is 0 Å². The summed E-state index contributed by atoms with van der Waals surface area (Å²) in [7, 11) is 0. The lowest BCUT2D eigenvalue weighted by Crippen LogP contribution is -2.07. The number of halogens is 1. The molecule has 0 amide bonds. The van der Waals surface area contributed by atoms with E-state index < -0.39 is 5.82 Å². The average Bonchev–Trinajstić information content (AvgIpc) is 3.16. The molecule has 96 valence electrons. The highest BCUT2D eigenvalue weighted by Gasteiger charge is 2.25. The summed E-state index contributed by atoms with van der Waals surface area (Å²) < 4.78 is 15.2. The molecule has 0 unspecified atom stereocenters. The Hall–Kier alpha value is -2.35. The molecule has 1 aromatic carbocycles. The van der Waals surface area contributed by atoms with Crippen LogP contribution in [-0.2, 0) is 6.54 Å². The zero-order valence-electron chi connectivity index (χ0n) is 10.3. The molecule has 1 N–H and O–H groups in total. The van der Waals surface area contributed by atoms with E-state index in [1.54, 1.807) is 6.07 Å². The van der Waals surface area contributed by atoms with Gasteiger partial charge >= 0.3 is 0 Å². The summed E-state index contributed by atoms with van der Waals surface area (Å²) in [5.41, 5.74) is 2.04. The Balaban J connectivity index is 1.75. The van der Waals surface area contributed by atoms with Gasteiger partial charge in [-0.3, -0.25) is 0 Å². The molecule has 1 aliphatic carbocycles. The summed E-state index contributed by atoms with van der Waals surface area (Å²) >= 11 is 0. The summed E-state index contributed by atoms with van der Waals surface area (Å²) in [6, 6.07) is 6.74. The number of hydrogen-bond acceptors (Lipinski definition) is 3. The number of benzene rings is 1. The molecule has 1 saturated carbocycles. The van der Waals surface area contributed by atoms with Crippen LogP contribution in [0.1, 0.15) is 30.1 Å². The third-order valence-electron chi connectivity index (χ3n) is 3.25. The van der Waals surface area contributed by atoms with E-state index in [-0.39, 0.29) is 0 Å². The lowest BCUT2D eigenvalue weighted by molar-refractivity contribution is 0.627. The second-order valence-corrected chi connectivity index (χ2v) is 4.68. The molecule has 0 radical (unpaired) electrons. The van der Waals surface area contributed by atoms with Crippen molar-refractivity contribution >= 4 is 5.69 Å². The van der Waals surface area contributed by atoms with E-state index in [0.717, 1.165) is 5.69 Å². The van der Waals surface area contributed by atoms with Crippen LogP contribution in [0.15, 0.2) is 30.7 Å². The standard InChI is InChI=1S/C14H13FN4/c15-11-1-4-14(10(5-11)6-16)18-8-13-7-17-9-19(13)12-2-3-12/h1,4-5,7,9,12,18H,2-3,8H2. The highest BCUT2D eigenvalue weighted by molar-refractivity contribution is 5.57. The van der Waals surface area contributed by atoms with Gasteiger partial charge in [0.2, 0.25) is 0 Å². The summed E-state index contributed by atoms with van der Waals surface area (Å²) in [5.74, 6) is -0.398. The zero-order chi connectivity index (χ0) is 13.2. The van der Waals surface area contributed by atoms with Gasteiger partial charge in [-0.05, 0) is 31.0 Å². The summed E-state index contributed by atoms with van der Waals surface area (Å²) in [6.07, 6.45) is 6.05. The minimum atomic E-state index is -0.398. The maximum absolute atomic E-state index is 13.0. The number of nitrogens with one attached hydrogen (secondary N) is 1. The Morgan fingerprint density at radius 2 is 2.32 bits per heavy atom. The third-order valence-corrected chi connectivity index (χ3v) is 3.25. The lowest BCUT2D eigenvalue weighted by Gasteiger charge is -2.10. The highest BCUT2D eigenvalue weighted by atomic mass is 19.1. The molecule has 0 bridgehead atoms. The van der Waals surface area contributed by atoms with Crippen molar-refractivity contribution in [3.05, 3.63) is 47.8 Å². The molecular formula is C14H13FN4. The quantitative estimate of drug-likeness (QED) is 0.915. The van der Waals surface area contributed by atoms with Crippen molar-refractivity contribution < 1.29 is 4.39 Å².